The topological polar surface area (TPSA) is 45.6 Å². The second-order valence-electron chi connectivity index (χ2n) is 4.27. The zero-order chi connectivity index (χ0) is 13.5. The molecule has 6 heteroatoms. The first-order valence-electron chi connectivity index (χ1n) is 6.18. The maximum absolute atomic E-state index is 5.50. The Morgan fingerprint density at radius 1 is 1.47 bits per heavy atom. The molecule has 1 heterocycles. The summed E-state index contributed by atoms with van der Waals surface area (Å²) >= 11 is 8.51. The van der Waals surface area contributed by atoms with Crippen LogP contribution in [-0.4, -0.2) is 30.6 Å². The summed E-state index contributed by atoms with van der Waals surface area (Å²) in [6.07, 6.45) is 4.23. The maximum atomic E-state index is 5.50. The van der Waals surface area contributed by atoms with Gasteiger partial charge in [0.2, 0.25) is 0 Å². The zero-order valence-electron chi connectivity index (χ0n) is 10.4. The van der Waals surface area contributed by atoms with Gasteiger partial charge in [0.25, 0.3) is 0 Å². The van der Waals surface area contributed by atoms with E-state index in [2.05, 4.69) is 31.8 Å². The molecule has 1 aliphatic rings. The van der Waals surface area contributed by atoms with Crippen LogP contribution < -0.4 is 10.7 Å². The van der Waals surface area contributed by atoms with E-state index >= 15 is 0 Å². The van der Waals surface area contributed by atoms with Crippen LogP contribution in [0.3, 0.4) is 0 Å². The molecule has 0 radical (unpaired) electrons. The van der Waals surface area contributed by atoms with Gasteiger partial charge in [-0.15, -0.1) is 0 Å². The van der Waals surface area contributed by atoms with Crippen LogP contribution in [0.4, 0.5) is 0 Å². The standard InChI is InChI=1S/C13H16BrN3OS/c14-11-5-3-10(4-6-11)8-16-17-13(19)15-9-12-2-1-7-18-12/h3-6,8,12H,1-2,7,9H2,(H2,15,17,19)/b16-8+. The molecule has 1 aliphatic heterocycles. The van der Waals surface area contributed by atoms with E-state index in [4.69, 9.17) is 17.0 Å². The molecule has 19 heavy (non-hydrogen) atoms. The van der Waals surface area contributed by atoms with Gasteiger partial charge in [0, 0.05) is 17.6 Å². The third-order valence-corrected chi connectivity index (χ3v) is 3.53. The van der Waals surface area contributed by atoms with E-state index < -0.39 is 0 Å². The molecule has 1 atom stereocenters. The van der Waals surface area contributed by atoms with Gasteiger partial charge < -0.3 is 10.1 Å². The van der Waals surface area contributed by atoms with Gasteiger partial charge in [-0.1, -0.05) is 28.1 Å². The Morgan fingerprint density at radius 2 is 2.26 bits per heavy atom. The van der Waals surface area contributed by atoms with Crippen molar-refractivity contribution in [1.29, 1.82) is 0 Å². The molecule has 0 spiro atoms. The molecular formula is C13H16BrN3OS. The van der Waals surface area contributed by atoms with E-state index in [1.807, 2.05) is 24.3 Å². The van der Waals surface area contributed by atoms with Gasteiger partial charge in [0.15, 0.2) is 5.11 Å². The fourth-order valence-electron chi connectivity index (χ4n) is 1.77. The van der Waals surface area contributed by atoms with Crippen molar-refractivity contribution in [2.24, 2.45) is 5.10 Å². The molecule has 1 fully saturated rings. The summed E-state index contributed by atoms with van der Waals surface area (Å²) < 4.78 is 6.54. The molecular weight excluding hydrogens is 326 g/mol. The van der Waals surface area contributed by atoms with Gasteiger partial charge >= 0.3 is 0 Å². The number of nitrogens with zero attached hydrogens (tertiary/aromatic N) is 1. The van der Waals surface area contributed by atoms with Crippen LogP contribution in [0.5, 0.6) is 0 Å². The number of hydrogen-bond donors (Lipinski definition) is 2. The average Bonchev–Trinajstić information content (AvgIpc) is 2.92. The molecule has 0 bridgehead atoms. The molecule has 1 aromatic rings. The highest BCUT2D eigenvalue weighted by Gasteiger charge is 2.14. The summed E-state index contributed by atoms with van der Waals surface area (Å²) in [4.78, 5) is 0. The fourth-order valence-corrected chi connectivity index (χ4v) is 2.17. The summed E-state index contributed by atoms with van der Waals surface area (Å²) in [5.74, 6) is 0. The Labute approximate surface area is 126 Å². The minimum absolute atomic E-state index is 0.273. The quantitative estimate of drug-likeness (QED) is 0.501. The van der Waals surface area contributed by atoms with Crippen molar-refractivity contribution in [2.75, 3.05) is 13.2 Å². The molecule has 102 valence electrons. The van der Waals surface area contributed by atoms with E-state index in [9.17, 15) is 0 Å². The van der Waals surface area contributed by atoms with Gasteiger partial charge in [0.05, 0.1) is 12.3 Å². The first-order valence-corrected chi connectivity index (χ1v) is 7.38. The molecule has 4 nitrogen and oxygen atoms in total. The lowest BCUT2D eigenvalue weighted by molar-refractivity contribution is 0.114. The average molecular weight is 342 g/mol. The van der Waals surface area contributed by atoms with Crippen LogP contribution in [0.1, 0.15) is 18.4 Å². The number of hydrogen-bond acceptors (Lipinski definition) is 3. The molecule has 2 rings (SSSR count). The van der Waals surface area contributed by atoms with E-state index in [0.29, 0.717) is 5.11 Å². The molecule has 0 saturated carbocycles. The highest BCUT2D eigenvalue weighted by atomic mass is 79.9. The van der Waals surface area contributed by atoms with Crippen molar-refractivity contribution in [3.63, 3.8) is 0 Å². The highest BCUT2D eigenvalue weighted by Crippen LogP contribution is 2.10. The van der Waals surface area contributed by atoms with Crippen molar-refractivity contribution in [3.8, 4) is 0 Å². The predicted molar refractivity (Wildman–Crippen MR) is 84.4 cm³/mol. The molecule has 1 unspecified atom stereocenters. The number of halogens is 1. The van der Waals surface area contributed by atoms with E-state index in [0.717, 1.165) is 36.0 Å². The van der Waals surface area contributed by atoms with Crippen molar-refractivity contribution in [2.45, 2.75) is 18.9 Å². The lowest BCUT2D eigenvalue weighted by atomic mass is 10.2. The van der Waals surface area contributed by atoms with Crippen molar-refractivity contribution >= 4 is 39.5 Å². The van der Waals surface area contributed by atoms with Gasteiger partial charge in [-0.2, -0.15) is 5.10 Å². The Hall–Kier alpha value is -0.980. The van der Waals surface area contributed by atoms with Crippen LogP contribution in [0.15, 0.2) is 33.8 Å². The Bertz CT molecular complexity index is 444. The molecule has 1 aromatic carbocycles. The van der Waals surface area contributed by atoms with Gasteiger partial charge in [-0.25, -0.2) is 0 Å². The van der Waals surface area contributed by atoms with Crippen LogP contribution in [0, 0.1) is 0 Å². The van der Waals surface area contributed by atoms with Crippen LogP contribution in [-0.2, 0) is 4.74 Å². The Morgan fingerprint density at radius 3 is 2.95 bits per heavy atom. The fraction of sp³-hybridized carbons (Fsp3) is 0.385. The SMILES string of the molecule is S=C(NCC1CCCO1)N/N=C/c1ccc(Br)cc1. The molecule has 1 saturated heterocycles. The summed E-state index contributed by atoms with van der Waals surface area (Å²) in [5.41, 5.74) is 3.80. The minimum atomic E-state index is 0.273. The summed E-state index contributed by atoms with van der Waals surface area (Å²) in [5, 5.41) is 7.69. The Balaban J connectivity index is 1.69. The second kappa shape index (κ2) is 7.57. The number of benzene rings is 1. The first-order chi connectivity index (χ1) is 9.24. The maximum Gasteiger partial charge on any atom is 0.187 e. The molecule has 0 amide bonds. The largest absolute Gasteiger partial charge is 0.376 e. The van der Waals surface area contributed by atoms with Crippen LogP contribution >= 0.6 is 28.1 Å². The summed E-state index contributed by atoms with van der Waals surface area (Å²) in [7, 11) is 0. The van der Waals surface area contributed by atoms with Crippen molar-refractivity contribution < 1.29 is 4.74 Å². The normalized spacial score (nSPS) is 18.7. The number of hydrazone groups is 1. The summed E-state index contributed by atoms with van der Waals surface area (Å²) in [6.45, 7) is 1.59. The van der Waals surface area contributed by atoms with E-state index in [1.54, 1.807) is 6.21 Å². The lowest BCUT2D eigenvalue weighted by Gasteiger charge is -2.11. The second-order valence-corrected chi connectivity index (χ2v) is 5.59. The van der Waals surface area contributed by atoms with E-state index in [1.165, 1.54) is 0 Å². The highest BCUT2D eigenvalue weighted by molar-refractivity contribution is 9.10. The lowest BCUT2D eigenvalue weighted by Crippen LogP contribution is -2.37. The number of nitrogens with one attached hydrogen (secondary N) is 2. The smallest absolute Gasteiger partial charge is 0.187 e. The predicted octanol–water partition coefficient (Wildman–Crippen LogP) is 2.43. The van der Waals surface area contributed by atoms with Crippen molar-refractivity contribution in [3.05, 3.63) is 34.3 Å². The molecule has 2 N–H and O–H groups in total. The van der Waals surface area contributed by atoms with Gasteiger partial charge in [-0.3, -0.25) is 5.43 Å². The number of rotatable bonds is 4. The van der Waals surface area contributed by atoms with Gasteiger partial charge in [0.1, 0.15) is 0 Å². The third kappa shape index (κ3) is 5.26. The van der Waals surface area contributed by atoms with E-state index in [-0.39, 0.29) is 6.10 Å². The monoisotopic (exact) mass is 341 g/mol. The van der Waals surface area contributed by atoms with Gasteiger partial charge in [-0.05, 0) is 42.8 Å². The van der Waals surface area contributed by atoms with Crippen LogP contribution in [0.25, 0.3) is 0 Å². The first kappa shape index (κ1) is 14.4. The Kier molecular flexibility index (Phi) is 5.75. The zero-order valence-corrected chi connectivity index (χ0v) is 12.8. The summed E-state index contributed by atoms with van der Waals surface area (Å²) in [6, 6.07) is 7.88. The number of thiocarbonyl (C=S) groups is 1. The number of ether oxygens (including phenoxy) is 1. The minimum Gasteiger partial charge on any atom is -0.376 e. The van der Waals surface area contributed by atoms with Crippen molar-refractivity contribution in [1.82, 2.24) is 10.7 Å². The molecule has 0 aromatic heterocycles. The van der Waals surface area contributed by atoms with Crippen LogP contribution in [0.2, 0.25) is 0 Å². The third-order valence-electron chi connectivity index (χ3n) is 2.76. The molecule has 0 aliphatic carbocycles.